The second-order valence-corrected chi connectivity index (χ2v) is 8.45. The molecule has 1 aromatic carbocycles. The van der Waals surface area contributed by atoms with Gasteiger partial charge in [0.2, 0.25) is 5.91 Å². The molecule has 1 unspecified atom stereocenters. The lowest BCUT2D eigenvalue weighted by Crippen LogP contribution is -2.48. The number of amides is 1. The Hall–Kier alpha value is -2.44. The van der Waals surface area contributed by atoms with Gasteiger partial charge in [-0.1, -0.05) is 33.8 Å². The molecule has 1 amide bonds. The van der Waals surface area contributed by atoms with Gasteiger partial charge in [-0.15, -0.1) is 0 Å². The van der Waals surface area contributed by atoms with Gasteiger partial charge in [-0.2, -0.15) is 0 Å². The van der Waals surface area contributed by atoms with Crippen LogP contribution in [-0.4, -0.2) is 63.7 Å². The lowest BCUT2D eigenvalue weighted by atomic mass is 9.84. The number of ether oxygens (including phenoxy) is 2. The van der Waals surface area contributed by atoms with Crippen molar-refractivity contribution in [1.29, 1.82) is 0 Å². The van der Waals surface area contributed by atoms with Crippen molar-refractivity contribution in [3.8, 4) is 11.5 Å². The zero-order valence-electron chi connectivity index (χ0n) is 18.8. The predicted octanol–water partition coefficient (Wildman–Crippen LogP) is 2.40. The van der Waals surface area contributed by atoms with E-state index in [1.807, 2.05) is 30.9 Å². The van der Waals surface area contributed by atoms with E-state index in [0.717, 1.165) is 42.5 Å². The number of aliphatic imine (C=N–C) groups is 1. The molecular weight excluding hydrogens is 368 g/mol. The number of nitrogens with zero attached hydrogens (tertiary/aromatic N) is 2. The Labute approximate surface area is 174 Å². The molecule has 2 N–H and O–H groups in total. The third kappa shape index (κ3) is 5.78. The van der Waals surface area contributed by atoms with Gasteiger partial charge in [-0.05, 0) is 24.1 Å². The van der Waals surface area contributed by atoms with E-state index in [1.165, 1.54) is 0 Å². The Balaban J connectivity index is 1.96. The van der Waals surface area contributed by atoms with Gasteiger partial charge in [0.15, 0.2) is 17.5 Å². The normalized spacial score (nSPS) is 17.4. The summed E-state index contributed by atoms with van der Waals surface area (Å²) in [6.45, 7) is 10.4. The molecule has 7 heteroatoms. The van der Waals surface area contributed by atoms with E-state index in [0.29, 0.717) is 6.54 Å². The summed E-state index contributed by atoms with van der Waals surface area (Å²) in [6.07, 6.45) is 0.929. The van der Waals surface area contributed by atoms with Gasteiger partial charge in [0.25, 0.3) is 0 Å². The molecule has 1 fully saturated rings. The van der Waals surface area contributed by atoms with Crippen molar-refractivity contribution in [1.82, 2.24) is 15.5 Å². The zero-order chi connectivity index (χ0) is 21.6. The molecule has 1 aliphatic heterocycles. The number of likely N-dealkylation sites (tertiary alicyclic amines) is 1. The monoisotopic (exact) mass is 404 g/mol. The number of hydrogen-bond acceptors (Lipinski definition) is 4. The van der Waals surface area contributed by atoms with Crippen molar-refractivity contribution in [3.05, 3.63) is 23.8 Å². The molecule has 0 spiro atoms. The minimum absolute atomic E-state index is 0.0356. The molecule has 1 atom stereocenters. The molecule has 1 heterocycles. The van der Waals surface area contributed by atoms with Crippen LogP contribution in [0.3, 0.4) is 0 Å². The minimum Gasteiger partial charge on any atom is -0.493 e. The van der Waals surface area contributed by atoms with Gasteiger partial charge in [0.05, 0.1) is 14.2 Å². The molecule has 2 rings (SSSR count). The number of rotatable bonds is 7. The van der Waals surface area contributed by atoms with Crippen LogP contribution in [0.4, 0.5) is 0 Å². The Morgan fingerprint density at radius 1 is 1.28 bits per heavy atom. The topological polar surface area (TPSA) is 75.2 Å². The SMILES string of the molecule is CN=C(NCC(C)(C)c1ccc(OC)c(OC)c1)NC1CCN(C(=O)C(C)C)C1. The largest absolute Gasteiger partial charge is 0.493 e. The van der Waals surface area contributed by atoms with Crippen LogP contribution in [0.5, 0.6) is 11.5 Å². The van der Waals surface area contributed by atoms with Crippen LogP contribution in [-0.2, 0) is 10.2 Å². The molecule has 0 aromatic heterocycles. The summed E-state index contributed by atoms with van der Waals surface area (Å²) in [5, 5.41) is 6.89. The Morgan fingerprint density at radius 2 is 1.97 bits per heavy atom. The maximum atomic E-state index is 12.2. The highest BCUT2D eigenvalue weighted by Gasteiger charge is 2.28. The van der Waals surface area contributed by atoms with Gasteiger partial charge in [0, 0.05) is 44.1 Å². The number of methoxy groups -OCH3 is 2. The Morgan fingerprint density at radius 3 is 2.55 bits per heavy atom. The maximum absolute atomic E-state index is 12.2. The minimum atomic E-state index is -0.146. The molecule has 29 heavy (non-hydrogen) atoms. The summed E-state index contributed by atoms with van der Waals surface area (Å²) in [6, 6.07) is 6.23. The molecule has 0 saturated carbocycles. The molecule has 162 valence electrons. The molecule has 7 nitrogen and oxygen atoms in total. The van der Waals surface area contributed by atoms with Gasteiger partial charge >= 0.3 is 0 Å². The Bertz CT molecular complexity index is 731. The summed E-state index contributed by atoms with van der Waals surface area (Å²) in [4.78, 5) is 18.5. The first-order chi connectivity index (χ1) is 13.7. The lowest BCUT2D eigenvalue weighted by molar-refractivity contribution is -0.133. The summed E-state index contributed by atoms with van der Waals surface area (Å²) < 4.78 is 10.8. The van der Waals surface area contributed by atoms with E-state index in [4.69, 9.17) is 9.47 Å². The maximum Gasteiger partial charge on any atom is 0.225 e. The van der Waals surface area contributed by atoms with Crippen LogP contribution in [0, 0.1) is 5.92 Å². The van der Waals surface area contributed by atoms with Gasteiger partial charge in [-0.3, -0.25) is 9.79 Å². The second kappa shape index (κ2) is 9.85. The molecule has 0 radical (unpaired) electrons. The predicted molar refractivity (Wildman–Crippen MR) is 117 cm³/mol. The van der Waals surface area contributed by atoms with Crippen LogP contribution in [0.25, 0.3) is 0 Å². The fourth-order valence-electron chi connectivity index (χ4n) is 3.50. The van der Waals surface area contributed by atoms with Crippen molar-refractivity contribution in [2.75, 3.05) is 40.9 Å². The standard InChI is InChI=1S/C22H36N4O3/c1-15(2)20(27)26-11-10-17(13-26)25-21(23-5)24-14-22(3,4)16-8-9-18(28-6)19(12-16)29-7/h8-9,12,15,17H,10-11,13-14H2,1-7H3,(H2,23,24,25). The highest BCUT2D eigenvalue weighted by atomic mass is 16.5. The Kier molecular flexibility index (Phi) is 7.76. The number of hydrogen-bond donors (Lipinski definition) is 2. The van der Waals surface area contributed by atoms with Gasteiger partial charge in [0.1, 0.15) is 0 Å². The van der Waals surface area contributed by atoms with Gasteiger partial charge in [-0.25, -0.2) is 0 Å². The van der Waals surface area contributed by atoms with Gasteiger partial charge < -0.3 is 25.0 Å². The summed E-state index contributed by atoms with van der Waals surface area (Å²) >= 11 is 0. The average molecular weight is 405 g/mol. The van der Waals surface area contributed by atoms with Crippen LogP contribution < -0.4 is 20.1 Å². The summed E-state index contributed by atoms with van der Waals surface area (Å²) in [5.41, 5.74) is 1.000. The first-order valence-corrected chi connectivity index (χ1v) is 10.2. The summed E-state index contributed by atoms with van der Waals surface area (Å²) in [7, 11) is 5.05. The molecule has 1 aromatic rings. The second-order valence-electron chi connectivity index (χ2n) is 8.45. The first kappa shape index (κ1) is 22.8. The number of guanidine groups is 1. The number of nitrogens with one attached hydrogen (secondary N) is 2. The smallest absolute Gasteiger partial charge is 0.225 e. The number of carbonyl (C=O) groups excluding carboxylic acids is 1. The molecule has 0 aliphatic carbocycles. The third-order valence-electron chi connectivity index (χ3n) is 5.42. The van der Waals surface area contributed by atoms with Crippen LogP contribution in [0.1, 0.15) is 39.7 Å². The fraction of sp³-hybridized carbons (Fsp3) is 0.636. The average Bonchev–Trinajstić information content (AvgIpc) is 3.18. The molecular formula is C22H36N4O3. The van der Waals surface area contributed by atoms with E-state index in [-0.39, 0.29) is 23.3 Å². The lowest BCUT2D eigenvalue weighted by Gasteiger charge is -2.28. The van der Waals surface area contributed by atoms with Crippen LogP contribution >= 0.6 is 0 Å². The zero-order valence-corrected chi connectivity index (χ0v) is 18.8. The van der Waals surface area contributed by atoms with Crippen LogP contribution in [0.15, 0.2) is 23.2 Å². The molecule has 0 bridgehead atoms. The number of benzene rings is 1. The van der Waals surface area contributed by atoms with E-state index < -0.39 is 0 Å². The molecule has 1 aliphatic rings. The van der Waals surface area contributed by atoms with Crippen molar-refractivity contribution in [2.24, 2.45) is 10.9 Å². The first-order valence-electron chi connectivity index (χ1n) is 10.2. The number of carbonyl (C=O) groups is 1. The van der Waals surface area contributed by atoms with E-state index >= 15 is 0 Å². The highest BCUT2D eigenvalue weighted by molar-refractivity contribution is 5.81. The quantitative estimate of drug-likeness (QED) is 0.539. The van der Waals surface area contributed by atoms with Crippen molar-refractivity contribution >= 4 is 11.9 Å². The highest BCUT2D eigenvalue weighted by Crippen LogP contribution is 2.32. The third-order valence-corrected chi connectivity index (χ3v) is 5.42. The molecule has 1 saturated heterocycles. The van der Waals surface area contributed by atoms with Crippen LogP contribution in [0.2, 0.25) is 0 Å². The summed E-state index contributed by atoms with van der Waals surface area (Å²) in [5.74, 6) is 2.45. The van der Waals surface area contributed by atoms with E-state index in [1.54, 1.807) is 21.3 Å². The van der Waals surface area contributed by atoms with E-state index in [9.17, 15) is 4.79 Å². The fourth-order valence-corrected chi connectivity index (χ4v) is 3.50. The van der Waals surface area contributed by atoms with E-state index in [2.05, 4.69) is 35.5 Å². The van der Waals surface area contributed by atoms with Crippen molar-refractivity contribution in [3.63, 3.8) is 0 Å². The van der Waals surface area contributed by atoms with Crippen molar-refractivity contribution < 1.29 is 14.3 Å². The van der Waals surface area contributed by atoms with Crippen molar-refractivity contribution in [2.45, 2.75) is 45.6 Å².